The van der Waals surface area contributed by atoms with Crippen molar-refractivity contribution < 1.29 is 0 Å². The Kier molecular flexibility index (Phi) is 4.13. The van der Waals surface area contributed by atoms with Crippen LogP contribution in [0.3, 0.4) is 0 Å². The maximum atomic E-state index is 8.64. The molecule has 0 unspecified atom stereocenters. The second-order valence-electron chi connectivity index (χ2n) is 3.43. The largest absolute Gasteiger partial charge is 0.285 e. The molecule has 0 fully saturated rings. The van der Waals surface area contributed by atoms with Crippen LogP contribution in [0.25, 0.3) is 0 Å². The van der Waals surface area contributed by atoms with Crippen LogP contribution in [-0.4, -0.2) is 27.8 Å². The number of halogens is 1. The van der Waals surface area contributed by atoms with Gasteiger partial charge in [0.15, 0.2) is 0 Å². The predicted octanol–water partition coefficient (Wildman–Crippen LogP) is 1.73. The molecule has 0 bridgehead atoms. The van der Waals surface area contributed by atoms with E-state index in [-0.39, 0.29) is 0 Å². The first kappa shape index (κ1) is 12.0. The fourth-order valence-corrected chi connectivity index (χ4v) is 1.66. The maximum Gasteiger partial charge on any atom is 0.0869 e. The molecule has 82 valence electrons. The van der Waals surface area contributed by atoms with Crippen LogP contribution in [0.1, 0.15) is 18.3 Å². The number of aryl methyl sites for hydroxylation is 2. The quantitative estimate of drug-likeness (QED) is 0.735. The number of hydrogen-bond donors (Lipinski definition) is 0. The van der Waals surface area contributed by atoms with Crippen LogP contribution >= 0.6 is 11.6 Å². The molecule has 1 aromatic heterocycles. The third-order valence-electron chi connectivity index (χ3n) is 2.38. The smallest absolute Gasteiger partial charge is 0.0869 e. The summed E-state index contributed by atoms with van der Waals surface area (Å²) in [6.07, 6.45) is 0. The van der Waals surface area contributed by atoms with Crippen LogP contribution in [0.5, 0.6) is 0 Å². The van der Waals surface area contributed by atoms with Crippen LogP contribution in [-0.2, 0) is 13.6 Å². The van der Waals surface area contributed by atoms with E-state index in [9.17, 15) is 0 Å². The zero-order chi connectivity index (χ0) is 11.4. The number of aromatic nitrogens is 2. The molecule has 0 aliphatic heterocycles. The highest BCUT2D eigenvalue weighted by atomic mass is 35.5. The zero-order valence-electron chi connectivity index (χ0n) is 9.29. The summed E-state index contributed by atoms with van der Waals surface area (Å²) in [5, 5.41) is 13.6. The lowest BCUT2D eigenvalue weighted by molar-refractivity contribution is 0.305. The molecule has 1 rings (SSSR count). The van der Waals surface area contributed by atoms with E-state index >= 15 is 0 Å². The first-order valence-corrected chi connectivity index (χ1v) is 5.25. The van der Waals surface area contributed by atoms with Gasteiger partial charge in [-0.05, 0) is 13.5 Å². The fourth-order valence-electron chi connectivity index (χ4n) is 1.44. The topological polar surface area (TPSA) is 44.9 Å². The second kappa shape index (κ2) is 5.15. The first-order valence-electron chi connectivity index (χ1n) is 4.87. The summed E-state index contributed by atoms with van der Waals surface area (Å²) in [5.74, 6) is 0. The standard InChI is InChI=1S/C10H15ClN4/c1-4-15(6-5-12)7-9-10(11)8(2)13-14(9)3/h4,6-7H2,1-3H3. The monoisotopic (exact) mass is 226 g/mol. The third-order valence-corrected chi connectivity index (χ3v) is 2.87. The van der Waals surface area contributed by atoms with Gasteiger partial charge in [0.05, 0.1) is 29.0 Å². The summed E-state index contributed by atoms with van der Waals surface area (Å²) in [6.45, 7) is 5.81. The van der Waals surface area contributed by atoms with Gasteiger partial charge in [-0.15, -0.1) is 0 Å². The van der Waals surface area contributed by atoms with Crippen molar-refractivity contribution in [2.75, 3.05) is 13.1 Å². The highest BCUT2D eigenvalue weighted by Crippen LogP contribution is 2.20. The van der Waals surface area contributed by atoms with Gasteiger partial charge >= 0.3 is 0 Å². The van der Waals surface area contributed by atoms with Crippen molar-refractivity contribution in [2.45, 2.75) is 20.4 Å². The molecule has 0 aliphatic rings. The highest BCUT2D eigenvalue weighted by molar-refractivity contribution is 6.31. The van der Waals surface area contributed by atoms with E-state index in [2.05, 4.69) is 11.2 Å². The summed E-state index contributed by atoms with van der Waals surface area (Å²) >= 11 is 6.12. The molecular formula is C10H15ClN4. The zero-order valence-corrected chi connectivity index (χ0v) is 10.0. The molecule has 15 heavy (non-hydrogen) atoms. The van der Waals surface area contributed by atoms with Crippen molar-refractivity contribution in [3.05, 3.63) is 16.4 Å². The van der Waals surface area contributed by atoms with Gasteiger partial charge in [0.25, 0.3) is 0 Å². The maximum absolute atomic E-state index is 8.64. The van der Waals surface area contributed by atoms with E-state index in [4.69, 9.17) is 16.9 Å². The minimum Gasteiger partial charge on any atom is -0.285 e. The number of nitrogens with zero attached hydrogens (tertiary/aromatic N) is 4. The summed E-state index contributed by atoms with van der Waals surface area (Å²) in [5.41, 5.74) is 1.80. The Bertz CT molecular complexity index is 378. The van der Waals surface area contributed by atoms with E-state index in [0.29, 0.717) is 18.1 Å². The Balaban J connectivity index is 2.83. The fraction of sp³-hybridized carbons (Fsp3) is 0.600. The molecule has 1 aromatic rings. The molecule has 0 aromatic carbocycles. The molecule has 4 nitrogen and oxygen atoms in total. The third kappa shape index (κ3) is 2.71. The average molecular weight is 227 g/mol. The lowest BCUT2D eigenvalue weighted by Crippen LogP contribution is -2.24. The van der Waals surface area contributed by atoms with Gasteiger partial charge in [0, 0.05) is 13.6 Å². The molecule has 0 aliphatic carbocycles. The van der Waals surface area contributed by atoms with Crippen molar-refractivity contribution in [3.63, 3.8) is 0 Å². The Morgan fingerprint density at radius 3 is 2.67 bits per heavy atom. The Hall–Kier alpha value is -1.05. The number of rotatable bonds is 4. The van der Waals surface area contributed by atoms with Crippen molar-refractivity contribution in [2.24, 2.45) is 7.05 Å². The van der Waals surface area contributed by atoms with E-state index in [1.165, 1.54) is 0 Å². The summed E-state index contributed by atoms with van der Waals surface area (Å²) in [7, 11) is 1.87. The van der Waals surface area contributed by atoms with Crippen molar-refractivity contribution in [1.82, 2.24) is 14.7 Å². The van der Waals surface area contributed by atoms with E-state index in [1.54, 1.807) is 4.68 Å². The molecule has 0 atom stereocenters. The van der Waals surface area contributed by atoms with Crippen LogP contribution in [0, 0.1) is 18.3 Å². The van der Waals surface area contributed by atoms with Crippen molar-refractivity contribution in [3.8, 4) is 6.07 Å². The molecule has 0 radical (unpaired) electrons. The van der Waals surface area contributed by atoms with Crippen LogP contribution in [0.15, 0.2) is 0 Å². The predicted molar refractivity (Wildman–Crippen MR) is 59.5 cm³/mol. The molecule has 0 amide bonds. The van der Waals surface area contributed by atoms with Crippen LogP contribution in [0.2, 0.25) is 5.02 Å². The van der Waals surface area contributed by atoms with E-state index < -0.39 is 0 Å². The summed E-state index contributed by atoms with van der Waals surface area (Å²) in [4.78, 5) is 2.02. The number of nitriles is 1. The second-order valence-corrected chi connectivity index (χ2v) is 3.81. The highest BCUT2D eigenvalue weighted by Gasteiger charge is 2.13. The van der Waals surface area contributed by atoms with Gasteiger partial charge in [-0.25, -0.2) is 0 Å². The van der Waals surface area contributed by atoms with E-state index in [1.807, 2.05) is 25.8 Å². The van der Waals surface area contributed by atoms with Gasteiger partial charge in [-0.2, -0.15) is 10.4 Å². The van der Waals surface area contributed by atoms with Gasteiger partial charge < -0.3 is 0 Å². The first-order chi connectivity index (χ1) is 7.10. The van der Waals surface area contributed by atoms with Gasteiger partial charge in [-0.3, -0.25) is 9.58 Å². The lowest BCUT2D eigenvalue weighted by Gasteiger charge is -2.16. The van der Waals surface area contributed by atoms with Crippen molar-refractivity contribution in [1.29, 1.82) is 5.26 Å². The molecule has 0 spiro atoms. The Morgan fingerprint density at radius 2 is 2.27 bits per heavy atom. The molecule has 1 heterocycles. The van der Waals surface area contributed by atoms with E-state index in [0.717, 1.165) is 17.9 Å². The van der Waals surface area contributed by atoms with Crippen LogP contribution in [0.4, 0.5) is 0 Å². The Labute approximate surface area is 95.0 Å². The molecule has 5 heteroatoms. The van der Waals surface area contributed by atoms with Crippen molar-refractivity contribution >= 4 is 11.6 Å². The summed E-state index contributed by atoms with van der Waals surface area (Å²) in [6, 6.07) is 2.14. The normalized spacial score (nSPS) is 10.7. The molecule has 0 N–H and O–H groups in total. The number of hydrogen-bond acceptors (Lipinski definition) is 3. The summed E-state index contributed by atoms with van der Waals surface area (Å²) < 4.78 is 1.78. The van der Waals surface area contributed by atoms with Gasteiger partial charge in [0.2, 0.25) is 0 Å². The Morgan fingerprint density at radius 1 is 1.60 bits per heavy atom. The van der Waals surface area contributed by atoms with Crippen LogP contribution < -0.4 is 0 Å². The molecular weight excluding hydrogens is 212 g/mol. The molecule has 0 saturated carbocycles. The molecule has 0 saturated heterocycles. The minimum atomic E-state index is 0.414. The van der Waals surface area contributed by atoms with Gasteiger partial charge in [-0.1, -0.05) is 18.5 Å². The average Bonchev–Trinajstić information content (AvgIpc) is 2.44. The lowest BCUT2D eigenvalue weighted by atomic mass is 10.3. The van der Waals surface area contributed by atoms with Gasteiger partial charge in [0.1, 0.15) is 0 Å². The SMILES string of the molecule is CCN(CC#N)Cc1c(Cl)c(C)nn1C. The minimum absolute atomic E-state index is 0.414.